The third-order valence-corrected chi connectivity index (χ3v) is 4.07. The predicted octanol–water partition coefficient (Wildman–Crippen LogP) is 2.29. The van der Waals surface area contributed by atoms with Gasteiger partial charge in [0.05, 0.1) is 7.11 Å². The minimum absolute atomic E-state index is 0.0580. The number of nitrogens with one attached hydrogen (secondary N) is 1. The summed E-state index contributed by atoms with van der Waals surface area (Å²) in [5.74, 6) is 0.733. The Morgan fingerprint density at radius 2 is 2.15 bits per heavy atom. The highest BCUT2D eigenvalue weighted by atomic mass is 16.5. The molecule has 0 spiro atoms. The number of rotatable bonds is 3. The van der Waals surface area contributed by atoms with Crippen LogP contribution in [-0.2, 0) is 0 Å². The van der Waals surface area contributed by atoms with Crippen LogP contribution in [0.1, 0.15) is 19.8 Å². The van der Waals surface area contributed by atoms with Gasteiger partial charge >= 0.3 is 6.03 Å². The lowest BCUT2D eigenvalue weighted by molar-refractivity contribution is 0.141. The SMILES string of the molecule is COc1cccc(NC(=O)N2CCC(C)(CN)CC2)c1. The molecule has 5 heteroatoms. The van der Waals surface area contributed by atoms with E-state index in [1.807, 2.05) is 29.2 Å². The number of likely N-dealkylation sites (tertiary alicyclic amines) is 1. The smallest absolute Gasteiger partial charge is 0.321 e. The van der Waals surface area contributed by atoms with Crippen LogP contribution in [0.3, 0.4) is 0 Å². The van der Waals surface area contributed by atoms with Gasteiger partial charge < -0.3 is 20.7 Å². The van der Waals surface area contributed by atoms with Crippen molar-refractivity contribution in [1.82, 2.24) is 4.90 Å². The van der Waals surface area contributed by atoms with Crippen molar-refractivity contribution in [2.24, 2.45) is 11.1 Å². The molecule has 20 heavy (non-hydrogen) atoms. The maximum Gasteiger partial charge on any atom is 0.321 e. The highest BCUT2D eigenvalue weighted by Gasteiger charge is 2.30. The summed E-state index contributed by atoms with van der Waals surface area (Å²) in [4.78, 5) is 14.1. The minimum Gasteiger partial charge on any atom is -0.497 e. The fourth-order valence-electron chi connectivity index (χ4n) is 2.36. The maximum atomic E-state index is 12.2. The molecule has 0 unspecified atom stereocenters. The molecule has 2 amide bonds. The third-order valence-electron chi connectivity index (χ3n) is 4.07. The van der Waals surface area contributed by atoms with Crippen LogP contribution in [0, 0.1) is 5.41 Å². The van der Waals surface area contributed by atoms with E-state index in [0.29, 0.717) is 6.54 Å². The summed E-state index contributed by atoms with van der Waals surface area (Å²) in [6, 6.07) is 7.32. The quantitative estimate of drug-likeness (QED) is 0.890. The second kappa shape index (κ2) is 6.13. The van der Waals surface area contributed by atoms with Gasteiger partial charge in [0.25, 0.3) is 0 Å². The Kier molecular flexibility index (Phi) is 4.49. The molecule has 0 atom stereocenters. The van der Waals surface area contributed by atoms with Crippen LogP contribution < -0.4 is 15.8 Å². The molecule has 0 radical (unpaired) electrons. The zero-order valence-corrected chi connectivity index (χ0v) is 12.2. The number of anilines is 1. The molecule has 1 aromatic rings. The summed E-state index contributed by atoms with van der Waals surface area (Å²) in [6.07, 6.45) is 1.91. The van der Waals surface area contributed by atoms with Crippen LogP contribution >= 0.6 is 0 Å². The number of hydrogen-bond donors (Lipinski definition) is 2. The molecular weight excluding hydrogens is 254 g/mol. The van der Waals surface area contributed by atoms with Crippen LogP contribution in [-0.4, -0.2) is 37.7 Å². The number of benzene rings is 1. The van der Waals surface area contributed by atoms with Crippen molar-refractivity contribution in [3.63, 3.8) is 0 Å². The average molecular weight is 277 g/mol. The first-order valence-corrected chi connectivity index (χ1v) is 6.96. The lowest BCUT2D eigenvalue weighted by Gasteiger charge is -2.38. The van der Waals surface area contributed by atoms with Gasteiger partial charge in [-0.05, 0) is 36.9 Å². The van der Waals surface area contributed by atoms with E-state index in [-0.39, 0.29) is 11.4 Å². The topological polar surface area (TPSA) is 67.6 Å². The van der Waals surface area contributed by atoms with Crippen molar-refractivity contribution in [3.05, 3.63) is 24.3 Å². The highest BCUT2D eigenvalue weighted by Crippen LogP contribution is 2.29. The molecule has 0 saturated carbocycles. The zero-order chi connectivity index (χ0) is 14.6. The van der Waals surface area contributed by atoms with Crippen LogP contribution in [0.4, 0.5) is 10.5 Å². The predicted molar refractivity (Wildman–Crippen MR) is 80.0 cm³/mol. The number of ether oxygens (including phenoxy) is 1. The van der Waals surface area contributed by atoms with Crippen LogP contribution in [0.5, 0.6) is 5.75 Å². The number of piperidine rings is 1. The zero-order valence-electron chi connectivity index (χ0n) is 12.2. The monoisotopic (exact) mass is 277 g/mol. The molecule has 0 aromatic heterocycles. The van der Waals surface area contributed by atoms with Gasteiger partial charge in [0.15, 0.2) is 0 Å². The molecule has 1 aromatic carbocycles. The van der Waals surface area contributed by atoms with Crippen molar-refractivity contribution in [3.8, 4) is 5.75 Å². The molecule has 1 heterocycles. The molecule has 0 aliphatic carbocycles. The van der Waals surface area contributed by atoms with E-state index in [2.05, 4.69) is 12.2 Å². The molecule has 1 saturated heterocycles. The van der Waals surface area contributed by atoms with E-state index in [1.165, 1.54) is 0 Å². The molecule has 2 rings (SSSR count). The van der Waals surface area contributed by atoms with Gasteiger partial charge in [0.2, 0.25) is 0 Å². The Morgan fingerprint density at radius 3 is 2.75 bits per heavy atom. The minimum atomic E-state index is -0.0580. The highest BCUT2D eigenvalue weighted by molar-refractivity contribution is 5.89. The van der Waals surface area contributed by atoms with Gasteiger partial charge in [0.1, 0.15) is 5.75 Å². The van der Waals surface area contributed by atoms with E-state index in [4.69, 9.17) is 10.5 Å². The number of carbonyl (C=O) groups excluding carboxylic acids is 1. The number of carbonyl (C=O) groups is 1. The molecule has 110 valence electrons. The Morgan fingerprint density at radius 1 is 1.45 bits per heavy atom. The number of urea groups is 1. The fraction of sp³-hybridized carbons (Fsp3) is 0.533. The number of nitrogens with zero attached hydrogens (tertiary/aromatic N) is 1. The largest absolute Gasteiger partial charge is 0.497 e. The summed E-state index contributed by atoms with van der Waals surface area (Å²) >= 11 is 0. The number of amides is 2. The van der Waals surface area contributed by atoms with Gasteiger partial charge in [-0.3, -0.25) is 0 Å². The van der Waals surface area contributed by atoms with Gasteiger partial charge in [0, 0.05) is 24.8 Å². The molecule has 3 N–H and O–H groups in total. The normalized spacial score (nSPS) is 17.6. The van der Waals surface area contributed by atoms with E-state index in [1.54, 1.807) is 7.11 Å². The summed E-state index contributed by atoms with van der Waals surface area (Å²) in [5, 5.41) is 2.91. The maximum absolute atomic E-state index is 12.2. The van der Waals surface area contributed by atoms with Crippen LogP contribution in [0.2, 0.25) is 0 Å². The summed E-state index contributed by atoms with van der Waals surface area (Å²) < 4.78 is 5.14. The lowest BCUT2D eigenvalue weighted by atomic mass is 9.81. The third kappa shape index (κ3) is 3.42. The van der Waals surface area contributed by atoms with Crippen molar-refractivity contribution < 1.29 is 9.53 Å². The van der Waals surface area contributed by atoms with Gasteiger partial charge in [-0.2, -0.15) is 0 Å². The van der Waals surface area contributed by atoms with Gasteiger partial charge in [-0.1, -0.05) is 13.0 Å². The Labute approximate surface area is 120 Å². The standard InChI is InChI=1S/C15H23N3O2/c1-15(11-16)6-8-18(9-7-15)14(19)17-12-4-3-5-13(10-12)20-2/h3-5,10H,6-9,11,16H2,1-2H3,(H,17,19). The van der Waals surface area contributed by atoms with Crippen LogP contribution in [0.25, 0.3) is 0 Å². The number of methoxy groups -OCH3 is 1. The van der Waals surface area contributed by atoms with Crippen molar-refractivity contribution in [1.29, 1.82) is 0 Å². The summed E-state index contributed by atoms with van der Waals surface area (Å²) in [7, 11) is 1.61. The molecule has 5 nitrogen and oxygen atoms in total. The summed E-state index contributed by atoms with van der Waals surface area (Å²) in [6.45, 7) is 4.37. The Hall–Kier alpha value is -1.75. The van der Waals surface area contributed by atoms with E-state index >= 15 is 0 Å². The van der Waals surface area contributed by atoms with Crippen molar-refractivity contribution >= 4 is 11.7 Å². The Balaban J connectivity index is 1.92. The van der Waals surface area contributed by atoms with Crippen molar-refractivity contribution in [2.45, 2.75) is 19.8 Å². The lowest BCUT2D eigenvalue weighted by Crippen LogP contribution is -2.46. The molecular formula is C15H23N3O2. The van der Waals surface area contributed by atoms with Crippen LogP contribution in [0.15, 0.2) is 24.3 Å². The van der Waals surface area contributed by atoms with E-state index < -0.39 is 0 Å². The van der Waals surface area contributed by atoms with Crippen molar-refractivity contribution in [2.75, 3.05) is 32.1 Å². The first-order chi connectivity index (χ1) is 9.56. The summed E-state index contributed by atoms with van der Waals surface area (Å²) in [5.41, 5.74) is 6.71. The number of nitrogens with two attached hydrogens (primary N) is 1. The number of hydrogen-bond acceptors (Lipinski definition) is 3. The van der Waals surface area contributed by atoms with E-state index in [9.17, 15) is 4.79 Å². The first-order valence-electron chi connectivity index (χ1n) is 6.96. The first kappa shape index (κ1) is 14.7. The Bertz CT molecular complexity index is 468. The second-order valence-electron chi connectivity index (χ2n) is 5.66. The van der Waals surface area contributed by atoms with E-state index in [0.717, 1.165) is 37.4 Å². The fourth-order valence-corrected chi connectivity index (χ4v) is 2.36. The molecule has 1 aliphatic rings. The average Bonchev–Trinajstić information content (AvgIpc) is 2.48. The van der Waals surface area contributed by atoms with Gasteiger partial charge in [-0.15, -0.1) is 0 Å². The molecule has 1 fully saturated rings. The molecule has 1 aliphatic heterocycles. The van der Waals surface area contributed by atoms with Gasteiger partial charge in [-0.25, -0.2) is 4.79 Å². The second-order valence-corrected chi connectivity index (χ2v) is 5.66. The molecule has 0 bridgehead atoms.